The van der Waals surface area contributed by atoms with Crippen LogP contribution in [0.1, 0.15) is 13.8 Å². The average Bonchev–Trinajstić information content (AvgIpc) is 2.40. The minimum Gasteiger partial charge on any atom is -0.452 e. The summed E-state index contributed by atoms with van der Waals surface area (Å²) in [6.45, 7) is 3.01. The molecule has 1 aromatic carbocycles. The van der Waals surface area contributed by atoms with E-state index in [1.165, 1.54) is 18.7 Å². The van der Waals surface area contributed by atoms with Crippen molar-refractivity contribution in [3.8, 4) is 0 Å². The molecule has 0 heterocycles. The van der Waals surface area contributed by atoms with Gasteiger partial charge in [0, 0.05) is 9.92 Å². The minimum absolute atomic E-state index is 0.519. The fourth-order valence-electron chi connectivity index (χ4n) is 1.31. The molecule has 0 aliphatic carbocycles. The van der Waals surface area contributed by atoms with E-state index < -0.39 is 29.3 Å². The number of nitrogens with two attached hydrogens (primary N) is 1. The number of hydrogen-bond acceptors (Lipinski definition) is 5. The van der Waals surface area contributed by atoms with Gasteiger partial charge in [0.1, 0.15) is 5.25 Å². The lowest BCUT2D eigenvalue weighted by Gasteiger charge is -2.15. The summed E-state index contributed by atoms with van der Waals surface area (Å²) in [4.78, 5) is 34.6. The highest BCUT2D eigenvalue weighted by Gasteiger charge is 2.23. The summed E-state index contributed by atoms with van der Waals surface area (Å²) in [6.07, 6.45) is -1.10. The second-order valence-electron chi connectivity index (χ2n) is 4.15. The van der Waals surface area contributed by atoms with Gasteiger partial charge in [-0.2, -0.15) is 0 Å². The Morgan fingerprint density at radius 1 is 1.24 bits per heavy atom. The van der Waals surface area contributed by atoms with E-state index in [0.717, 1.165) is 4.90 Å². The van der Waals surface area contributed by atoms with Crippen molar-refractivity contribution in [1.29, 1.82) is 0 Å². The van der Waals surface area contributed by atoms with Gasteiger partial charge in [0.05, 0.1) is 0 Å². The maximum absolute atomic E-state index is 11.8. The first-order valence-corrected chi connectivity index (χ1v) is 7.28. The smallest absolute Gasteiger partial charge is 0.319 e. The molecule has 3 N–H and O–H groups in total. The molecule has 6 nitrogen and oxygen atoms in total. The number of carbonyl (C=O) groups is 3. The predicted molar refractivity (Wildman–Crippen MR) is 80.1 cm³/mol. The van der Waals surface area contributed by atoms with Crippen molar-refractivity contribution < 1.29 is 19.1 Å². The van der Waals surface area contributed by atoms with Crippen molar-refractivity contribution in [3.63, 3.8) is 0 Å². The van der Waals surface area contributed by atoms with E-state index in [-0.39, 0.29) is 0 Å². The fraction of sp³-hybridized carbons (Fsp3) is 0.308. The topological polar surface area (TPSA) is 98.5 Å². The number of amides is 3. The quantitative estimate of drug-likeness (QED) is 0.635. The maximum atomic E-state index is 11.8. The number of benzene rings is 1. The van der Waals surface area contributed by atoms with Crippen LogP contribution in [0.15, 0.2) is 29.2 Å². The van der Waals surface area contributed by atoms with Crippen LogP contribution in [0.2, 0.25) is 5.02 Å². The number of hydrogen-bond donors (Lipinski definition) is 2. The molecule has 0 fully saturated rings. The van der Waals surface area contributed by atoms with Crippen molar-refractivity contribution in [2.24, 2.45) is 5.73 Å². The molecule has 114 valence electrons. The van der Waals surface area contributed by atoms with Crippen molar-refractivity contribution >= 4 is 41.3 Å². The molecule has 0 bridgehead atoms. The first-order chi connectivity index (χ1) is 9.79. The Labute approximate surface area is 131 Å². The first-order valence-electron chi connectivity index (χ1n) is 6.02. The van der Waals surface area contributed by atoms with Gasteiger partial charge >= 0.3 is 12.0 Å². The molecular weight excluding hydrogens is 316 g/mol. The summed E-state index contributed by atoms with van der Waals surface area (Å²) in [6, 6.07) is 5.99. The highest BCUT2D eigenvalue weighted by Crippen LogP contribution is 2.25. The van der Waals surface area contributed by atoms with Crippen molar-refractivity contribution in [3.05, 3.63) is 29.3 Å². The van der Waals surface area contributed by atoms with E-state index in [1.54, 1.807) is 31.2 Å². The van der Waals surface area contributed by atoms with Crippen LogP contribution in [0, 0.1) is 0 Å². The van der Waals surface area contributed by atoms with Gasteiger partial charge in [-0.05, 0) is 38.1 Å². The molecule has 2 atom stereocenters. The third kappa shape index (κ3) is 6.05. The summed E-state index contributed by atoms with van der Waals surface area (Å²) in [5.41, 5.74) is 4.81. The van der Waals surface area contributed by atoms with Gasteiger partial charge in [0.15, 0.2) is 6.10 Å². The number of imide groups is 1. The summed E-state index contributed by atoms with van der Waals surface area (Å²) in [5.74, 6) is -1.33. The zero-order valence-electron chi connectivity index (χ0n) is 11.5. The Kier molecular flexibility index (Phi) is 6.51. The fourth-order valence-corrected chi connectivity index (χ4v) is 2.29. The van der Waals surface area contributed by atoms with Crippen molar-refractivity contribution in [2.45, 2.75) is 30.1 Å². The van der Waals surface area contributed by atoms with E-state index in [4.69, 9.17) is 22.1 Å². The van der Waals surface area contributed by atoms with Gasteiger partial charge in [-0.15, -0.1) is 11.8 Å². The number of halogens is 1. The van der Waals surface area contributed by atoms with Crippen LogP contribution in [-0.2, 0) is 14.3 Å². The van der Waals surface area contributed by atoms with E-state index in [1.807, 2.05) is 5.32 Å². The maximum Gasteiger partial charge on any atom is 0.319 e. The number of urea groups is 1. The van der Waals surface area contributed by atoms with Crippen LogP contribution < -0.4 is 11.1 Å². The highest BCUT2D eigenvalue weighted by atomic mass is 35.5. The van der Waals surface area contributed by atoms with Gasteiger partial charge in [-0.3, -0.25) is 14.9 Å². The average molecular weight is 331 g/mol. The standard InChI is InChI=1S/C13H15ClN2O4S/c1-7(11(17)16-13(15)19)20-12(18)8(2)21-10-5-3-9(14)4-6-10/h3-8H,1-2H3,(H3,15,16,17,19)/t7-,8-/m0/s1. The Morgan fingerprint density at radius 2 is 1.81 bits per heavy atom. The van der Waals surface area contributed by atoms with Crippen LogP contribution in [-0.4, -0.2) is 29.3 Å². The lowest BCUT2D eigenvalue weighted by atomic mass is 10.3. The molecule has 0 saturated carbocycles. The summed E-state index contributed by atoms with van der Waals surface area (Å²) >= 11 is 7.04. The van der Waals surface area contributed by atoms with E-state index in [0.29, 0.717) is 5.02 Å². The molecule has 21 heavy (non-hydrogen) atoms. The summed E-state index contributed by atoms with van der Waals surface area (Å²) < 4.78 is 4.97. The molecule has 3 amide bonds. The number of carbonyl (C=O) groups excluding carboxylic acids is 3. The molecule has 0 aliphatic heterocycles. The third-order valence-corrected chi connectivity index (χ3v) is 3.71. The molecule has 0 unspecified atom stereocenters. The SMILES string of the molecule is C[C@H](OC(=O)[C@H](C)Sc1ccc(Cl)cc1)C(=O)NC(N)=O. The third-order valence-electron chi connectivity index (χ3n) is 2.37. The summed E-state index contributed by atoms with van der Waals surface area (Å²) in [5, 5.41) is 1.93. The molecule has 0 saturated heterocycles. The molecular formula is C13H15ClN2O4S. The second-order valence-corrected chi connectivity index (χ2v) is 6.00. The van der Waals surface area contributed by atoms with Crippen molar-refractivity contribution in [2.75, 3.05) is 0 Å². The van der Waals surface area contributed by atoms with Crippen molar-refractivity contribution in [1.82, 2.24) is 5.32 Å². The Bertz CT molecular complexity index is 535. The van der Waals surface area contributed by atoms with E-state index in [2.05, 4.69) is 0 Å². The normalized spacial score (nSPS) is 13.1. The molecule has 0 aliphatic rings. The van der Waals surface area contributed by atoms with Gasteiger partial charge in [0.25, 0.3) is 5.91 Å². The molecule has 0 aromatic heterocycles. The molecule has 0 spiro atoms. The largest absolute Gasteiger partial charge is 0.452 e. The molecule has 8 heteroatoms. The number of nitrogens with one attached hydrogen (secondary N) is 1. The molecule has 1 rings (SSSR count). The first kappa shape index (κ1) is 17.3. The van der Waals surface area contributed by atoms with Crippen LogP contribution in [0.25, 0.3) is 0 Å². The van der Waals surface area contributed by atoms with Crippen LogP contribution >= 0.6 is 23.4 Å². The lowest BCUT2D eigenvalue weighted by molar-refractivity contribution is -0.153. The number of thioether (sulfide) groups is 1. The van der Waals surface area contributed by atoms with Crippen LogP contribution in [0.4, 0.5) is 4.79 Å². The Hall–Kier alpha value is -1.73. The highest BCUT2D eigenvalue weighted by molar-refractivity contribution is 8.00. The monoisotopic (exact) mass is 330 g/mol. The Balaban J connectivity index is 2.52. The second kappa shape index (κ2) is 7.90. The number of rotatable bonds is 5. The molecule has 0 radical (unpaired) electrons. The van der Waals surface area contributed by atoms with Gasteiger partial charge < -0.3 is 10.5 Å². The number of esters is 1. The zero-order chi connectivity index (χ0) is 16.0. The zero-order valence-corrected chi connectivity index (χ0v) is 13.0. The van der Waals surface area contributed by atoms with Crippen LogP contribution in [0.3, 0.4) is 0 Å². The van der Waals surface area contributed by atoms with E-state index >= 15 is 0 Å². The Morgan fingerprint density at radius 3 is 2.33 bits per heavy atom. The predicted octanol–water partition coefficient (Wildman–Crippen LogP) is 1.95. The number of ether oxygens (including phenoxy) is 1. The van der Waals surface area contributed by atoms with Gasteiger partial charge in [0.2, 0.25) is 0 Å². The lowest BCUT2D eigenvalue weighted by Crippen LogP contribution is -2.42. The summed E-state index contributed by atoms with van der Waals surface area (Å²) in [7, 11) is 0. The molecule has 1 aromatic rings. The minimum atomic E-state index is -1.10. The van der Waals surface area contributed by atoms with Crippen LogP contribution in [0.5, 0.6) is 0 Å². The van der Waals surface area contributed by atoms with E-state index in [9.17, 15) is 14.4 Å². The number of primary amides is 1. The van der Waals surface area contributed by atoms with Gasteiger partial charge in [-0.1, -0.05) is 11.6 Å². The van der Waals surface area contributed by atoms with Gasteiger partial charge in [-0.25, -0.2) is 4.79 Å².